The van der Waals surface area contributed by atoms with Gasteiger partial charge in [-0.1, -0.05) is 13.8 Å². The molecule has 15 heavy (non-hydrogen) atoms. The molecule has 0 rings (SSSR count). The van der Waals surface area contributed by atoms with Crippen LogP contribution < -0.4 is 0 Å². The highest BCUT2D eigenvalue weighted by atomic mass is 19.3. The fraction of sp³-hybridized carbons (Fsp3) is 1.00. The van der Waals surface area contributed by atoms with Crippen molar-refractivity contribution in [3.05, 3.63) is 0 Å². The van der Waals surface area contributed by atoms with Gasteiger partial charge in [-0.25, -0.2) is 17.6 Å². The molecule has 0 radical (unpaired) electrons. The smallest absolute Gasteiger partial charge is 0.243 e. The van der Waals surface area contributed by atoms with Crippen molar-refractivity contribution in [2.45, 2.75) is 52.6 Å². The molecule has 0 aromatic heterocycles. The highest BCUT2D eigenvalue weighted by molar-refractivity contribution is 4.73. The molecule has 92 valence electrons. The van der Waals surface area contributed by atoms with E-state index in [1.54, 1.807) is 0 Å². The van der Waals surface area contributed by atoms with E-state index in [1.807, 2.05) is 0 Å². The Hall–Kier alpha value is -0.320. The minimum Gasteiger partial charge on any atom is -0.344 e. The second-order valence-corrected chi connectivity index (χ2v) is 4.49. The van der Waals surface area contributed by atoms with Crippen LogP contribution in [0, 0.1) is 5.41 Å². The van der Waals surface area contributed by atoms with Gasteiger partial charge in [0.15, 0.2) is 6.17 Å². The van der Waals surface area contributed by atoms with E-state index >= 15 is 0 Å². The minimum absolute atomic E-state index is 0.0170. The molecule has 0 spiro atoms. The van der Waals surface area contributed by atoms with E-state index in [0.29, 0.717) is 0 Å². The first-order valence-corrected chi connectivity index (χ1v) is 4.84. The van der Waals surface area contributed by atoms with Crippen molar-refractivity contribution >= 4 is 0 Å². The number of halogens is 4. The van der Waals surface area contributed by atoms with Crippen molar-refractivity contribution < 1.29 is 22.3 Å². The van der Waals surface area contributed by atoms with E-state index in [4.69, 9.17) is 0 Å². The van der Waals surface area contributed by atoms with E-state index < -0.39 is 23.9 Å². The lowest BCUT2D eigenvalue weighted by molar-refractivity contribution is -0.176. The molecule has 0 aromatic carbocycles. The summed E-state index contributed by atoms with van der Waals surface area (Å²) in [5, 5.41) is 0. The molecule has 0 bridgehead atoms. The summed E-state index contributed by atoms with van der Waals surface area (Å²) in [7, 11) is 0. The number of hydrogen-bond acceptors (Lipinski definition) is 1. The highest BCUT2D eigenvalue weighted by Gasteiger charge is 2.34. The molecule has 1 nitrogen and oxygen atoms in total. The van der Waals surface area contributed by atoms with Crippen LogP contribution in [0.3, 0.4) is 0 Å². The quantitative estimate of drug-likeness (QED) is 0.632. The van der Waals surface area contributed by atoms with Crippen LogP contribution in [-0.2, 0) is 4.74 Å². The van der Waals surface area contributed by atoms with Crippen molar-refractivity contribution in [3.8, 4) is 0 Å². The van der Waals surface area contributed by atoms with Crippen LogP contribution in [0.4, 0.5) is 17.6 Å². The fourth-order valence-electron chi connectivity index (χ4n) is 0.738. The van der Waals surface area contributed by atoms with E-state index in [1.165, 1.54) is 13.8 Å². The maximum atomic E-state index is 13.2. The van der Waals surface area contributed by atoms with Gasteiger partial charge in [0, 0.05) is 5.41 Å². The molecule has 5 heteroatoms. The standard InChI is InChI=1S/C10H18F4O/c1-7(11)10(4,14)15-6-5-9(2,3)8(12)13/h7-8H,5-6H2,1-4H3. The molecule has 0 aliphatic rings. The SMILES string of the molecule is CC(F)C(C)(F)OCCC(C)(C)C(F)F. The van der Waals surface area contributed by atoms with Crippen LogP contribution in [0.5, 0.6) is 0 Å². The molecular formula is C10H18F4O. The summed E-state index contributed by atoms with van der Waals surface area (Å²) in [5.74, 6) is -2.40. The number of alkyl halides is 4. The third kappa shape index (κ3) is 4.82. The number of rotatable bonds is 6. The van der Waals surface area contributed by atoms with Gasteiger partial charge in [-0.05, 0) is 20.3 Å². The summed E-state index contributed by atoms with van der Waals surface area (Å²) < 4.78 is 55.2. The number of ether oxygens (including phenoxy) is 1. The van der Waals surface area contributed by atoms with Gasteiger partial charge in [0.1, 0.15) is 0 Å². The van der Waals surface area contributed by atoms with E-state index in [-0.39, 0.29) is 13.0 Å². The van der Waals surface area contributed by atoms with Crippen molar-refractivity contribution in [3.63, 3.8) is 0 Å². The number of hydrogen-bond donors (Lipinski definition) is 0. The normalized spacial score (nSPS) is 19.0. The van der Waals surface area contributed by atoms with E-state index in [0.717, 1.165) is 13.8 Å². The van der Waals surface area contributed by atoms with Crippen LogP contribution in [0.2, 0.25) is 0 Å². The van der Waals surface area contributed by atoms with Crippen molar-refractivity contribution in [1.82, 2.24) is 0 Å². The zero-order chi connectivity index (χ0) is 12.3. The monoisotopic (exact) mass is 230 g/mol. The zero-order valence-electron chi connectivity index (χ0n) is 9.49. The largest absolute Gasteiger partial charge is 0.344 e. The average molecular weight is 230 g/mol. The van der Waals surface area contributed by atoms with Crippen LogP contribution >= 0.6 is 0 Å². The van der Waals surface area contributed by atoms with Crippen molar-refractivity contribution in [2.24, 2.45) is 5.41 Å². The molecule has 0 heterocycles. The molecule has 2 atom stereocenters. The molecular weight excluding hydrogens is 212 g/mol. The first kappa shape index (κ1) is 14.7. The van der Waals surface area contributed by atoms with Crippen LogP contribution in [0.15, 0.2) is 0 Å². The Kier molecular flexibility index (Phi) is 5.03. The summed E-state index contributed by atoms with van der Waals surface area (Å²) in [5.41, 5.74) is -1.24. The molecule has 0 N–H and O–H groups in total. The Labute approximate surface area is 87.8 Å². The summed E-state index contributed by atoms with van der Waals surface area (Å²) in [6.07, 6.45) is -4.31. The molecule has 0 saturated carbocycles. The van der Waals surface area contributed by atoms with Crippen molar-refractivity contribution in [2.75, 3.05) is 6.61 Å². The maximum Gasteiger partial charge on any atom is 0.243 e. The predicted octanol–water partition coefficient (Wildman–Crippen LogP) is 3.73. The van der Waals surface area contributed by atoms with Crippen molar-refractivity contribution in [1.29, 1.82) is 0 Å². The van der Waals surface area contributed by atoms with Gasteiger partial charge >= 0.3 is 0 Å². The molecule has 0 fully saturated rings. The maximum absolute atomic E-state index is 13.2. The first-order chi connectivity index (χ1) is 6.59. The van der Waals surface area contributed by atoms with Crippen LogP contribution in [-0.4, -0.2) is 25.1 Å². The van der Waals surface area contributed by atoms with Gasteiger partial charge in [-0.15, -0.1) is 0 Å². The lowest BCUT2D eigenvalue weighted by Crippen LogP contribution is -2.34. The topological polar surface area (TPSA) is 9.23 Å². The van der Waals surface area contributed by atoms with Gasteiger partial charge in [-0.2, -0.15) is 0 Å². The summed E-state index contributed by atoms with van der Waals surface area (Å²) >= 11 is 0. The van der Waals surface area contributed by atoms with Gasteiger partial charge in [0.25, 0.3) is 0 Å². The molecule has 0 saturated heterocycles. The van der Waals surface area contributed by atoms with Gasteiger partial charge in [0.2, 0.25) is 12.3 Å². The Bertz CT molecular complexity index is 170. The first-order valence-electron chi connectivity index (χ1n) is 4.84. The van der Waals surface area contributed by atoms with Gasteiger partial charge in [-0.3, -0.25) is 0 Å². The van der Waals surface area contributed by atoms with E-state index in [9.17, 15) is 17.6 Å². The molecule has 0 aliphatic carbocycles. The lowest BCUT2D eigenvalue weighted by Gasteiger charge is -2.27. The fourth-order valence-corrected chi connectivity index (χ4v) is 0.738. The zero-order valence-corrected chi connectivity index (χ0v) is 9.49. The second kappa shape index (κ2) is 5.14. The van der Waals surface area contributed by atoms with Crippen LogP contribution in [0.25, 0.3) is 0 Å². The molecule has 0 aliphatic heterocycles. The summed E-state index contributed by atoms with van der Waals surface area (Å²) in [4.78, 5) is 0. The second-order valence-electron chi connectivity index (χ2n) is 4.49. The van der Waals surface area contributed by atoms with E-state index in [2.05, 4.69) is 4.74 Å². The van der Waals surface area contributed by atoms with Crippen LogP contribution in [0.1, 0.15) is 34.1 Å². The average Bonchev–Trinajstić information content (AvgIpc) is 2.02. The molecule has 0 amide bonds. The summed E-state index contributed by atoms with van der Waals surface area (Å²) in [6.45, 7) is 4.47. The van der Waals surface area contributed by atoms with Gasteiger partial charge < -0.3 is 4.74 Å². The molecule has 2 unspecified atom stereocenters. The Morgan fingerprint density at radius 2 is 1.60 bits per heavy atom. The summed E-state index contributed by atoms with van der Waals surface area (Å²) in [6, 6.07) is 0. The lowest BCUT2D eigenvalue weighted by atomic mass is 9.90. The molecule has 0 aromatic rings. The predicted molar refractivity (Wildman–Crippen MR) is 50.4 cm³/mol. The minimum atomic E-state index is -2.50. The third-order valence-electron chi connectivity index (χ3n) is 2.43. The Morgan fingerprint density at radius 3 is 1.93 bits per heavy atom. The Balaban J connectivity index is 4.00. The van der Waals surface area contributed by atoms with Gasteiger partial charge in [0.05, 0.1) is 6.61 Å². The highest BCUT2D eigenvalue weighted by Crippen LogP contribution is 2.30. The third-order valence-corrected chi connectivity index (χ3v) is 2.43. The Morgan fingerprint density at radius 1 is 1.13 bits per heavy atom.